The maximum absolute atomic E-state index is 14.3. The maximum atomic E-state index is 14.3. The van der Waals surface area contributed by atoms with E-state index in [-0.39, 0.29) is 69.6 Å². The van der Waals surface area contributed by atoms with Crippen molar-refractivity contribution < 1.29 is 29.3 Å². The third-order valence-corrected chi connectivity index (χ3v) is 18.4. The van der Waals surface area contributed by atoms with Crippen LogP contribution >= 0.6 is 11.6 Å². The number of aliphatic hydroxyl groups is 1. The number of fused-ring (bicyclic) bond motifs is 6. The number of ketones is 1. The fraction of sp³-hybridized carbons (Fsp3) is 0.776. The van der Waals surface area contributed by atoms with Crippen LogP contribution in [0.1, 0.15) is 138 Å². The van der Waals surface area contributed by atoms with E-state index in [9.17, 15) is 24.6 Å². The number of aliphatic hydroxyl groups excluding tert-OH is 1. The molecule has 0 heterocycles. The Balaban J connectivity index is 1.15. The van der Waals surface area contributed by atoms with Gasteiger partial charge in [0.2, 0.25) is 0 Å². The number of carbonyl (C=O) groups is 3. The van der Waals surface area contributed by atoms with Gasteiger partial charge < -0.3 is 19.8 Å². The average Bonchev–Trinajstić information content (AvgIpc) is 3.64. The Hall–Kier alpha value is -2.26. The Morgan fingerprint density at radius 3 is 2.21 bits per heavy atom. The molecule has 1 aromatic carbocycles. The highest BCUT2D eigenvalue weighted by Gasteiger charge is 2.82. The Morgan fingerprint density at radius 2 is 1.57 bits per heavy atom. The summed E-state index contributed by atoms with van der Waals surface area (Å²) in [6, 6.07) is 8.02. The van der Waals surface area contributed by atoms with E-state index in [0.717, 1.165) is 76.5 Å². The van der Waals surface area contributed by atoms with Gasteiger partial charge in [-0.3, -0.25) is 19.3 Å². The van der Waals surface area contributed by atoms with Crippen LogP contribution in [0.2, 0.25) is 5.02 Å². The zero-order valence-electron chi connectivity index (χ0n) is 37.3. The summed E-state index contributed by atoms with van der Waals surface area (Å²) >= 11 is 6.25. The first-order valence-corrected chi connectivity index (χ1v) is 22.8. The van der Waals surface area contributed by atoms with Gasteiger partial charge in [0.05, 0.1) is 18.9 Å². The fourth-order valence-electron chi connectivity index (χ4n) is 15.0. The van der Waals surface area contributed by atoms with Gasteiger partial charge in [-0.25, -0.2) is 0 Å². The van der Waals surface area contributed by atoms with E-state index in [1.807, 2.05) is 26.0 Å². The lowest BCUT2D eigenvalue weighted by molar-refractivity contribution is -0.220. The highest BCUT2D eigenvalue weighted by atomic mass is 35.5. The van der Waals surface area contributed by atoms with Crippen molar-refractivity contribution >= 4 is 29.3 Å². The molecule has 0 aromatic heterocycles. The number of carboxylic acid groups (broad SMARTS) is 1. The first-order valence-electron chi connectivity index (χ1n) is 22.5. The first-order chi connectivity index (χ1) is 27.0. The minimum atomic E-state index is -0.892. The molecule has 7 rings (SSSR count). The molecule has 0 aliphatic heterocycles. The summed E-state index contributed by atoms with van der Waals surface area (Å²) in [5.74, 6) is -0.0351. The summed E-state index contributed by atoms with van der Waals surface area (Å²) in [5, 5.41) is 22.8. The number of hydrogen-bond acceptors (Lipinski definition) is 7. The number of carbonyl (C=O) groups excluding carboxylic acids is 2. The number of nitrogens with zero attached hydrogens (tertiary/aromatic N) is 2. The summed E-state index contributed by atoms with van der Waals surface area (Å²) < 4.78 is 6.33. The highest BCUT2D eigenvalue weighted by Crippen LogP contribution is 2.87. The molecule has 5 saturated carbocycles. The van der Waals surface area contributed by atoms with E-state index in [4.69, 9.17) is 16.3 Å². The normalized spacial score (nSPS) is 38.5. The lowest BCUT2D eigenvalue weighted by Gasteiger charge is -2.71. The Labute approximate surface area is 353 Å². The van der Waals surface area contributed by atoms with Gasteiger partial charge >= 0.3 is 11.9 Å². The second-order valence-electron chi connectivity index (χ2n) is 22.5. The van der Waals surface area contributed by atoms with Crippen LogP contribution < -0.4 is 0 Å². The standard InChI is InChI=1S/C49H73ClN2O6/c1-31(2)41-35(53)25-48(37(54)29-52(24-23-51(9)10)28-32-11-13-33(50)14-12-32)21-19-44(5)34(42(41)48)15-16-36-45(44,6)20-22-49-30-47(49,8)38(17-18-46(36,49)7)58-40(57)27-43(3,4)26-39(55)56/h11-14,31,34,36-38,54H,15-30H2,1-10H3,(H,55,56)/t34-,36+,37+,38+,44-,45-,46-,47?,48+,49+/m1/s1. The first kappa shape index (κ1) is 43.8. The molecule has 5 fully saturated rings. The molecule has 8 nitrogen and oxygen atoms in total. The lowest BCUT2D eigenvalue weighted by atomic mass is 9.33. The number of hydrogen-bond donors (Lipinski definition) is 2. The number of aliphatic carboxylic acids is 1. The van der Waals surface area contributed by atoms with Crippen molar-refractivity contribution in [2.75, 3.05) is 33.7 Å². The number of carboxylic acids is 1. The van der Waals surface area contributed by atoms with Gasteiger partial charge in [0, 0.05) is 48.5 Å². The summed E-state index contributed by atoms with van der Waals surface area (Å²) in [5.41, 5.74) is 2.50. The van der Waals surface area contributed by atoms with Crippen LogP contribution in [0.15, 0.2) is 35.4 Å². The number of ether oxygens (including phenoxy) is 1. The summed E-state index contributed by atoms with van der Waals surface area (Å²) in [6.07, 6.45) is 8.85. The molecule has 0 bridgehead atoms. The van der Waals surface area contributed by atoms with Crippen LogP contribution in [-0.4, -0.2) is 83.7 Å². The molecule has 1 aromatic rings. The molecule has 0 amide bonds. The number of allylic oxidation sites excluding steroid dienone is 1. The largest absolute Gasteiger partial charge is 0.481 e. The van der Waals surface area contributed by atoms with Gasteiger partial charge in [0.15, 0.2) is 5.78 Å². The molecule has 322 valence electrons. The smallest absolute Gasteiger partial charge is 0.306 e. The number of likely N-dealkylation sites (N-methyl/N-ethyl adjacent to an activating group) is 1. The average molecular weight is 822 g/mol. The molecule has 9 heteroatoms. The second-order valence-corrected chi connectivity index (χ2v) is 22.9. The highest BCUT2D eigenvalue weighted by molar-refractivity contribution is 6.30. The molecule has 10 atom stereocenters. The second kappa shape index (κ2) is 15.0. The Kier molecular flexibility index (Phi) is 11.3. The predicted molar refractivity (Wildman–Crippen MR) is 229 cm³/mol. The molecule has 2 N–H and O–H groups in total. The van der Waals surface area contributed by atoms with Crippen molar-refractivity contribution in [2.24, 2.45) is 55.7 Å². The molecule has 6 aliphatic rings. The quantitative estimate of drug-likeness (QED) is 0.179. The molecular formula is C49H73ClN2O6. The van der Waals surface area contributed by atoms with Crippen molar-refractivity contribution in [3.8, 4) is 0 Å². The minimum absolute atomic E-state index is 0.0118. The van der Waals surface area contributed by atoms with Crippen molar-refractivity contribution in [2.45, 2.75) is 151 Å². The van der Waals surface area contributed by atoms with Gasteiger partial charge in [0.25, 0.3) is 0 Å². The van der Waals surface area contributed by atoms with Gasteiger partial charge in [-0.05, 0) is 140 Å². The van der Waals surface area contributed by atoms with E-state index < -0.39 is 22.9 Å². The molecule has 0 radical (unpaired) electrons. The zero-order valence-corrected chi connectivity index (χ0v) is 38.1. The molecule has 1 unspecified atom stereocenters. The van der Waals surface area contributed by atoms with Gasteiger partial charge in [-0.15, -0.1) is 0 Å². The third-order valence-electron chi connectivity index (χ3n) is 18.2. The molecule has 1 spiro atoms. The summed E-state index contributed by atoms with van der Waals surface area (Å²) in [7, 11) is 4.18. The fourth-order valence-corrected chi connectivity index (χ4v) is 15.1. The van der Waals surface area contributed by atoms with Crippen LogP contribution in [0.25, 0.3) is 0 Å². The van der Waals surface area contributed by atoms with E-state index >= 15 is 0 Å². The van der Waals surface area contributed by atoms with Gasteiger partial charge in [-0.2, -0.15) is 0 Å². The Morgan fingerprint density at radius 1 is 0.897 bits per heavy atom. The number of esters is 1. The van der Waals surface area contributed by atoms with Gasteiger partial charge in [0.1, 0.15) is 6.10 Å². The van der Waals surface area contributed by atoms with Crippen molar-refractivity contribution in [3.63, 3.8) is 0 Å². The van der Waals surface area contributed by atoms with Crippen LogP contribution in [0.3, 0.4) is 0 Å². The summed E-state index contributed by atoms with van der Waals surface area (Å²) in [4.78, 5) is 43.7. The van der Waals surface area contributed by atoms with E-state index in [0.29, 0.717) is 30.5 Å². The molecule has 0 saturated heterocycles. The van der Waals surface area contributed by atoms with Crippen LogP contribution in [-0.2, 0) is 25.7 Å². The van der Waals surface area contributed by atoms with E-state index in [1.54, 1.807) is 0 Å². The predicted octanol–water partition coefficient (Wildman–Crippen LogP) is 9.60. The van der Waals surface area contributed by atoms with Crippen LogP contribution in [0.5, 0.6) is 0 Å². The van der Waals surface area contributed by atoms with Crippen molar-refractivity contribution in [1.82, 2.24) is 9.80 Å². The minimum Gasteiger partial charge on any atom is -0.481 e. The van der Waals surface area contributed by atoms with Crippen LogP contribution in [0.4, 0.5) is 0 Å². The van der Waals surface area contributed by atoms with E-state index in [2.05, 4.69) is 77.6 Å². The van der Waals surface area contributed by atoms with Crippen molar-refractivity contribution in [3.05, 3.63) is 46.0 Å². The third kappa shape index (κ3) is 6.85. The monoisotopic (exact) mass is 821 g/mol. The number of Topliss-reactive ketones (excluding diaryl/α,β-unsaturated/α-hetero) is 1. The lowest BCUT2D eigenvalue weighted by Crippen LogP contribution is -2.65. The zero-order chi connectivity index (χ0) is 42.4. The molecular weight excluding hydrogens is 748 g/mol. The topological polar surface area (TPSA) is 107 Å². The number of rotatable bonds is 14. The SMILES string of the molecule is CC(C)C1=C2[C@H]3CC[C@@H]4[C@@]5(C)CC[C@H](OC(=O)CC(C)(C)CC(=O)O)C6(C)C[C@]65CC[C@@]4(C)[C@]3(C)CC[C@@]2([C@@H](O)CN(CCN(C)C)Cc2ccc(Cl)cc2)CC1=O. The van der Waals surface area contributed by atoms with Crippen molar-refractivity contribution in [1.29, 1.82) is 0 Å². The number of benzene rings is 1. The molecule has 58 heavy (non-hydrogen) atoms. The maximum Gasteiger partial charge on any atom is 0.306 e. The molecule has 6 aliphatic carbocycles. The Bertz CT molecular complexity index is 1820. The van der Waals surface area contributed by atoms with Crippen LogP contribution in [0, 0.1) is 55.7 Å². The number of halogens is 1. The van der Waals surface area contributed by atoms with E-state index in [1.165, 1.54) is 11.1 Å². The van der Waals surface area contributed by atoms with Gasteiger partial charge in [-0.1, -0.05) is 84.7 Å². The summed E-state index contributed by atoms with van der Waals surface area (Å²) in [6.45, 7) is 21.1.